The molecule has 0 aliphatic rings. The highest BCUT2D eigenvalue weighted by molar-refractivity contribution is 7.20. The molecule has 1 aromatic heterocycles. The van der Waals surface area contributed by atoms with E-state index in [1.54, 1.807) is 6.92 Å². The van der Waals surface area contributed by atoms with Crippen molar-refractivity contribution in [2.24, 2.45) is 0 Å². The molecule has 1 aromatic rings. The van der Waals surface area contributed by atoms with Crippen molar-refractivity contribution in [3.05, 3.63) is 15.5 Å². The molecule has 11 heavy (non-hydrogen) atoms. The van der Waals surface area contributed by atoms with Gasteiger partial charge in [-0.1, -0.05) is 11.6 Å². The van der Waals surface area contributed by atoms with Crippen LogP contribution in [-0.4, -0.2) is 11.1 Å². The molecule has 0 spiro atoms. The van der Waals surface area contributed by atoms with Gasteiger partial charge in [-0.05, 0) is 12.5 Å². The Hall–Kier alpha value is -0.740. The fourth-order valence-electron chi connectivity index (χ4n) is 0.773. The van der Waals surface area contributed by atoms with Gasteiger partial charge in [0.25, 0.3) is 0 Å². The zero-order valence-corrected chi connectivity index (χ0v) is 7.29. The highest BCUT2D eigenvalue weighted by atomic mass is 35.5. The van der Waals surface area contributed by atoms with Gasteiger partial charge in [0, 0.05) is 0 Å². The van der Waals surface area contributed by atoms with Gasteiger partial charge in [-0.25, -0.2) is 4.79 Å². The number of carbonyl (C=O) groups is 1. The van der Waals surface area contributed by atoms with E-state index in [0.717, 1.165) is 11.3 Å². The molecule has 0 amide bonds. The molecular weight excluding hydrogens is 186 g/mol. The first-order valence-electron chi connectivity index (χ1n) is 2.81. The number of hydrogen-bond acceptors (Lipinski definition) is 3. The highest BCUT2D eigenvalue weighted by Crippen LogP contribution is 2.33. The highest BCUT2D eigenvalue weighted by Gasteiger charge is 2.16. The van der Waals surface area contributed by atoms with Gasteiger partial charge in [0.2, 0.25) is 0 Å². The fourth-order valence-corrected chi connectivity index (χ4v) is 1.91. The maximum absolute atomic E-state index is 10.5. The second-order valence-electron chi connectivity index (χ2n) is 2.05. The first-order chi connectivity index (χ1) is 5.04. The lowest BCUT2D eigenvalue weighted by Gasteiger charge is -1.91. The lowest BCUT2D eigenvalue weighted by atomic mass is 10.2. The first-order valence-corrected chi connectivity index (χ1v) is 4.01. The Labute approximate surface area is 72.4 Å². The summed E-state index contributed by atoms with van der Waals surface area (Å²) in [4.78, 5) is 10.5. The predicted molar refractivity (Wildman–Crippen MR) is 45.4 cm³/mol. The van der Waals surface area contributed by atoms with E-state index in [2.05, 4.69) is 0 Å². The minimum absolute atomic E-state index is 0.125. The number of hydrogen-bond donors (Lipinski definition) is 2. The van der Waals surface area contributed by atoms with E-state index in [4.69, 9.17) is 22.4 Å². The van der Waals surface area contributed by atoms with Crippen LogP contribution in [-0.2, 0) is 0 Å². The third-order valence-electron chi connectivity index (χ3n) is 1.33. The van der Waals surface area contributed by atoms with E-state index in [1.807, 2.05) is 0 Å². The number of thiophene rings is 1. The van der Waals surface area contributed by atoms with Crippen LogP contribution in [0.15, 0.2) is 0 Å². The van der Waals surface area contributed by atoms with Crippen molar-refractivity contribution in [3.63, 3.8) is 0 Å². The monoisotopic (exact) mass is 191 g/mol. The summed E-state index contributed by atoms with van der Waals surface area (Å²) in [5.74, 6) is -1.02. The van der Waals surface area contributed by atoms with Crippen molar-refractivity contribution >= 4 is 33.9 Å². The summed E-state index contributed by atoms with van der Waals surface area (Å²) in [5.41, 5.74) is 6.06. The van der Waals surface area contributed by atoms with E-state index < -0.39 is 5.97 Å². The molecule has 0 aliphatic carbocycles. The SMILES string of the molecule is Cc1c(Cl)sc(N)c1C(=O)O. The van der Waals surface area contributed by atoms with Crippen LogP contribution in [0.25, 0.3) is 0 Å². The van der Waals surface area contributed by atoms with E-state index in [9.17, 15) is 4.79 Å². The molecule has 1 rings (SSSR count). The zero-order chi connectivity index (χ0) is 8.59. The minimum atomic E-state index is -1.02. The first kappa shape index (κ1) is 8.36. The van der Waals surface area contributed by atoms with Gasteiger partial charge >= 0.3 is 5.97 Å². The quantitative estimate of drug-likeness (QED) is 0.714. The molecular formula is C6H6ClNO2S. The largest absolute Gasteiger partial charge is 0.478 e. The van der Waals surface area contributed by atoms with Crippen molar-refractivity contribution in [3.8, 4) is 0 Å². The van der Waals surface area contributed by atoms with Crippen LogP contribution < -0.4 is 5.73 Å². The van der Waals surface area contributed by atoms with Crippen LogP contribution in [0.2, 0.25) is 4.34 Å². The third kappa shape index (κ3) is 1.32. The predicted octanol–water partition coefficient (Wildman–Crippen LogP) is 1.99. The molecule has 0 atom stereocenters. The molecule has 1 heterocycles. The van der Waals surface area contributed by atoms with Crippen LogP contribution in [0.4, 0.5) is 5.00 Å². The molecule has 0 unspecified atom stereocenters. The van der Waals surface area contributed by atoms with Gasteiger partial charge < -0.3 is 10.8 Å². The Morgan fingerprint density at radius 2 is 2.27 bits per heavy atom. The number of halogens is 1. The molecule has 0 aromatic carbocycles. The number of anilines is 1. The Kier molecular flexibility index (Phi) is 2.06. The van der Waals surface area contributed by atoms with Crippen LogP contribution >= 0.6 is 22.9 Å². The summed E-state index contributed by atoms with van der Waals surface area (Å²) in [5, 5.41) is 8.89. The van der Waals surface area contributed by atoms with Gasteiger partial charge in [0.05, 0.1) is 9.90 Å². The van der Waals surface area contributed by atoms with Crippen LogP contribution in [0.3, 0.4) is 0 Å². The molecule has 0 saturated carbocycles. The lowest BCUT2D eigenvalue weighted by molar-refractivity contribution is 0.0698. The molecule has 3 nitrogen and oxygen atoms in total. The lowest BCUT2D eigenvalue weighted by Crippen LogP contribution is -2.00. The van der Waals surface area contributed by atoms with Crippen LogP contribution in [0, 0.1) is 6.92 Å². The molecule has 0 aliphatic heterocycles. The van der Waals surface area contributed by atoms with E-state index in [-0.39, 0.29) is 10.6 Å². The zero-order valence-electron chi connectivity index (χ0n) is 5.72. The van der Waals surface area contributed by atoms with E-state index in [1.165, 1.54) is 0 Å². The molecule has 0 saturated heterocycles. The molecule has 60 valence electrons. The van der Waals surface area contributed by atoms with Gasteiger partial charge in [0.1, 0.15) is 5.00 Å². The van der Waals surface area contributed by atoms with E-state index >= 15 is 0 Å². The normalized spacial score (nSPS) is 10.0. The average Bonchev–Trinajstić information content (AvgIpc) is 2.07. The summed E-state index contributed by atoms with van der Waals surface area (Å²) in [7, 11) is 0. The molecule has 0 radical (unpaired) electrons. The summed E-state index contributed by atoms with van der Waals surface area (Å²) in [6, 6.07) is 0. The number of nitrogens with two attached hydrogens (primary N) is 1. The maximum Gasteiger partial charge on any atom is 0.339 e. The standard InChI is InChI=1S/C6H6ClNO2S/c1-2-3(6(9)10)5(8)11-4(2)7/h8H2,1H3,(H,9,10). The number of aromatic carboxylic acids is 1. The minimum Gasteiger partial charge on any atom is -0.478 e. The summed E-state index contributed by atoms with van der Waals surface area (Å²) in [6.07, 6.45) is 0. The smallest absolute Gasteiger partial charge is 0.339 e. The van der Waals surface area contributed by atoms with E-state index in [0.29, 0.717) is 9.90 Å². The Morgan fingerprint density at radius 3 is 2.45 bits per heavy atom. The van der Waals surface area contributed by atoms with Crippen molar-refractivity contribution in [2.45, 2.75) is 6.92 Å². The van der Waals surface area contributed by atoms with Gasteiger partial charge in [-0.15, -0.1) is 11.3 Å². The molecule has 5 heteroatoms. The van der Waals surface area contributed by atoms with Crippen molar-refractivity contribution < 1.29 is 9.90 Å². The molecule has 0 fully saturated rings. The Bertz CT molecular complexity index is 308. The second kappa shape index (κ2) is 2.71. The molecule has 0 bridgehead atoms. The summed E-state index contributed by atoms with van der Waals surface area (Å²) in [6.45, 7) is 1.64. The summed E-state index contributed by atoms with van der Waals surface area (Å²) >= 11 is 6.74. The van der Waals surface area contributed by atoms with Gasteiger partial charge in [-0.3, -0.25) is 0 Å². The topological polar surface area (TPSA) is 63.3 Å². The third-order valence-corrected chi connectivity index (χ3v) is 2.75. The van der Waals surface area contributed by atoms with Gasteiger partial charge in [-0.2, -0.15) is 0 Å². The maximum atomic E-state index is 10.5. The average molecular weight is 192 g/mol. The fraction of sp³-hybridized carbons (Fsp3) is 0.167. The van der Waals surface area contributed by atoms with Crippen LogP contribution in [0.1, 0.15) is 15.9 Å². The number of carboxylic acid groups (broad SMARTS) is 1. The van der Waals surface area contributed by atoms with Crippen LogP contribution in [0.5, 0.6) is 0 Å². The Balaban J connectivity index is 3.34. The summed E-state index contributed by atoms with van der Waals surface area (Å²) < 4.78 is 0.444. The van der Waals surface area contributed by atoms with Crippen molar-refractivity contribution in [1.82, 2.24) is 0 Å². The number of carboxylic acids is 1. The van der Waals surface area contributed by atoms with Crippen molar-refractivity contribution in [1.29, 1.82) is 0 Å². The molecule has 3 N–H and O–H groups in total. The van der Waals surface area contributed by atoms with Gasteiger partial charge in [0.15, 0.2) is 0 Å². The number of rotatable bonds is 1. The second-order valence-corrected chi connectivity index (χ2v) is 3.70. The van der Waals surface area contributed by atoms with Crippen molar-refractivity contribution in [2.75, 3.05) is 5.73 Å². The Morgan fingerprint density at radius 1 is 1.73 bits per heavy atom. The number of nitrogen functional groups attached to an aromatic ring is 1.